The highest BCUT2D eigenvalue weighted by Crippen LogP contribution is 2.37. The molecule has 1 aliphatic heterocycles. The number of benzene rings is 1. The van der Waals surface area contributed by atoms with Gasteiger partial charge in [-0.25, -0.2) is 0 Å². The van der Waals surface area contributed by atoms with Crippen molar-refractivity contribution in [2.75, 3.05) is 12.3 Å². The zero-order valence-electron chi connectivity index (χ0n) is 10.1. The van der Waals surface area contributed by atoms with Crippen molar-refractivity contribution in [3.8, 4) is 0 Å². The van der Waals surface area contributed by atoms with Crippen molar-refractivity contribution in [1.29, 1.82) is 0 Å². The Bertz CT molecular complexity index is 383. The standard InChI is InChI=1S/C13H19NOS2/c1-10(6-7-14)17(15)9-12-8-11-4-2-3-5-13(11)16-12/h2-5,10,12H,6-9,14H2,1H3. The van der Waals surface area contributed by atoms with Crippen LogP contribution in [0.4, 0.5) is 0 Å². The van der Waals surface area contributed by atoms with Crippen molar-refractivity contribution < 1.29 is 4.21 Å². The largest absolute Gasteiger partial charge is 0.330 e. The molecule has 2 N–H and O–H groups in total. The number of nitrogens with two attached hydrogens (primary N) is 1. The van der Waals surface area contributed by atoms with Crippen LogP contribution in [0.2, 0.25) is 0 Å². The summed E-state index contributed by atoms with van der Waals surface area (Å²) in [5.74, 6) is 0.792. The van der Waals surface area contributed by atoms with Crippen LogP contribution in [0.1, 0.15) is 18.9 Å². The van der Waals surface area contributed by atoms with Crippen molar-refractivity contribution in [2.24, 2.45) is 5.73 Å². The van der Waals surface area contributed by atoms with E-state index >= 15 is 0 Å². The van der Waals surface area contributed by atoms with Crippen LogP contribution in [-0.2, 0) is 17.2 Å². The molecule has 0 bridgehead atoms. The van der Waals surface area contributed by atoms with Gasteiger partial charge in [-0.05, 0) is 31.0 Å². The second kappa shape index (κ2) is 6.03. The van der Waals surface area contributed by atoms with Gasteiger partial charge in [0.05, 0.1) is 0 Å². The van der Waals surface area contributed by atoms with Gasteiger partial charge in [0.25, 0.3) is 0 Å². The van der Waals surface area contributed by atoms with Crippen molar-refractivity contribution in [1.82, 2.24) is 0 Å². The average molecular weight is 269 g/mol. The maximum absolute atomic E-state index is 12.1. The lowest BCUT2D eigenvalue weighted by atomic mass is 10.1. The van der Waals surface area contributed by atoms with E-state index in [1.165, 1.54) is 10.5 Å². The predicted octanol–water partition coefficient (Wildman–Crippen LogP) is 2.19. The van der Waals surface area contributed by atoms with Crippen molar-refractivity contribution in [3.63, 3.8) is 0 Å². The van der Waals surface area contributed by atoms with Gasteiger partial charge in [0.1, 0.15) is 0 Å². The van der Waals surface area contributed by atoms with Crippen LogP contribution in [0, 0.1) is 0 Å². The molecule has 1 aromatic carbocycles. The predicted molar refractivity (Wildman–Crippen MR) is 75.9 cm³/mol. The molecule has 2 nitrogen and oxygen atoms in total. The van der Waals surface area contributed by atoms with Gasteiger partial charge in [-0.3, -0.25) is 4.21 Å². The van der Waals surface area contributed by atoms with Gasteiger partial charge >= 0.3 is 0 Å². The molecule has 0 fully saturated rings. The molecule has 0 aliphatic carbocycles. The Morgan fingerprint density at radius 2 is 2.29 bits per heavy atom. The third-order valence-corrected chi connectivity index (χ3v) is 6.48. The normalized spacial score (nSPS) is 22.1. The zero-order chi connectivity index (χ0) is 12.3. The van der Waals surface area contributed by atoms with E-state index in [0.717, 1.165) is 18.6 Å². The molecule has 0 spiro atoms. The highest BCUT2D eigenvalue weighted by molar-refractivity contribution is 8.01. The molecule has 1 heterocycles. The van der Waals surface area contributed by atoms with Crippen LogP contribution in [0.3, 0.4) is 0 Å². The van der Waals surface area contributed by atoms with Gasteiger partial charge in [-0.1, -0.05) is 25.1 Å². The van der Waals surface area contributed by atoms with Crippen molar-refractivity contribution in [3.05, 3.63) is 29.8 Å². The molecular weight excluding hydrogens is 250 g/mol. The number of hydrogen-bond acceptors (Lipinski definition) is 3. The molecule has 94 valence electrons. The summed E-state index contributed by atoms with van der Waals surface area (Å²) in [4.78, 5) is 1.36. The summed E-state index contributed by atoms with van der Waals surface area (Å²) in [5.41, 5.74) is 6.91. The van der Waals surface area contributed by atoms with E-state index in [9.17, 15) is 4.21 Å². The molecule has 2 rings (SSSR count). The third-order valence-electron chi connectivity index (χ3n) is 3.09. The summed E-state index contributed by atoms with van der Waals surface area (Å²) in [6, 6.07) is 8.48. The second-order valence-corrected chi connectivity index (χ2v) is 7.73. The maximum Gasteiger partial charge on any atom is 0.0363 e. The number of thioether (sulfide) groups is 1. The fraction of sp³-hybridized carbons (Fsp3) is 0.538. The minimum atomic E-state index is -0.744. The summed E-state index contributed by atoms with van der Waals surface area (Å²) in [5, 5.41) is 0.706. The van der Waals surface area contributed by atoms with Crippen LogP contribution < -0.4 is 5.73 Å². The van der Waals surface area contributed by atoms with E-state index in [1.54, 1.807) is 0 Å². The summed E-state index contributed by atoms with van der Waals surface area (Å²) in [6.07, 6.45) is 1.92. The molecule has 17 heavy (non-hydrogen) atoms. The SMILES string of the molecule is CC(CCN)S(=O)CC1Cc2ccccc2S1. The van der Waals surface area contributed by atoms with E-state index in [4.69, 9.17) is 5.73 Å². The van der Waals surface area contributed by atoms with E-state index in [1.807, 2.05) is 18.7 Å². The highest BCUT2D eigenvalue weighted by Gasteiger charge is 2.24. The van der Waals surface area contributed by atoms with Gasteiger partial charge in [0.2, 0.25) is 0 Å². The van der Waals surface area contributed by atoms with E-state index in [0.29, 0.717) is 11.8 Å². The van der Waals surface area contributed by atoms with Crippen LogP contribution in [0.5, 0.6) is 0 Å². The zero-order valence-corrected chi connectivity index (χ0v) is 11.7. The lowest BCUT2D eigenvalue weighted by Crippen LogP contribution is -2.23. The Morgan fingerprint density at radius 3 is 3.00 bits per heavy atom. The monoisotopic (exact) mass is 269 g/mol. The van der Waals surface area contributed by atoms with E-state index in [-0.39, 0.29) is 5.25 Å². The molecule has 1 aromatic rings. The first-order valence-electron chi connectivity index (χ1n) is 6.02. The van der Waals surface area contributed by atoms with Gasteiger partial charge in [-0.2, -0.15) is 0 Å². The van der Waals surface area contributed by atoms with E-state index in [2.05, 4.69) is 24.3 Å². The lowest BCUT2D eigenvalue weighted by Gasteiger charge is -2.13. The van der Waals surface area contributed by atoms with Gasteiger partial charge < -0.3 is 5.73 Å². The van der Waals surface area contributed by atoms with Crippen LogP contribution in [-0.4, -0.2) is 27.0 Å². The van der Waals surface area contributed by atoms with Crippen molar-refractivity contribution >= 4 is 22.6 Å². The van der Waals surface area contributed by atoms with Gasteiger partial charge in [-0.15, -0.1) is 11.8 Å². The van der Waals surface area contributed by atoms with Crippen LogP contribution >= 0.6 is 11.8 Å². The molecule has 0 radical (unpaired) electrons. The molecule has 4 heteroatoms. The summed E-state index contributed by atoms with van der Waals surface area (Å²) in [7, 11) is -0.744. The first-order valence-corrected chi connectivity index (χ1v) is 8.28. The van der Waals surface area contributed by atoms with Gasteiger partial charge in [0.15, 0.2) is 0 Å². The fourth-order valence-corrected chi connectivity index (χ4v) is 5.03. The van der Waals surface area contributed by atoms with Crippen molar-refractivity contribution in [2.45, 2.75) is 35.2 Å². The molecule has 0 aromatic heterocycles. The second-order valence-electron chi connectivity index (χ2n) is 4.49. The molecule has 3 unspecified atom stereocenters. The third kappa shape index (κ3) is 3.33. The van der Waals surface area contributed by atoms with Crippen LogP contribution in [0.25, 0.3) is 0 Å². The highest BCUT2D eigenvalue weighted by atomic mass is 32.2. The molecular formula is C13H19NOS2. The van der Waals surface area contributed by atoms with E-state index < -0.39 is 10.8 Å². The average Bonchev–Trinajstić information content (AvgIpc) is 2.71. The molecule has 0 saturated carbocycles. The Morgan fingerprint density at radius 1 is 1.53 bits per heavy atom. The Labute approximate surface area is 110 Å². The minimum Gasteiger partial charge on any atom is -0.330 e. The molecule has 0 amide bonds. The summed E-state index contributed by atoms with van der Waals surface area (Å²) >= 11 is 1.88. The number of fused-ring (bicyclic) bond motifs is 1. The van der Waals surface area contributed by atoms with Gasteiger partial charge in [0, 0.05) is 31.9 Å². The van der Waals surface area contributed by atoms with Crippen LogP contribution in [0.15, 0.2) is 29.2 Å². The topological polar surface area (TPSA) is 43.1 Å². The first kappa shape index (κ1) is 13.1. The quantitative estimate of drug-likeness (QED) is 0.891. The molecule has 3 atom stereocenters. The Balaban J connectivity index is 1.89. The Kier molecular flexibility index (Phi) is 4.65. The maximum atomic E-state index is 12.1. The Hall–Kier alpha value is -0.320. The first-order chi connectivity index (χ1) is 8.20. The number of rotatable bonds is 5. The molecule has 1 aliphatic rings. The fourth-order valence-electron chi connectivity index (χ4n) is 2.06. The lowest BCUT2D eigenvalue weighted by molar-refractivity contribution is 0.664. The summed E-state index contributed by atoms with van der Waals surface area (Å²) < 4.78 is 12.1. The number of hydrogen-bond donors (Lipinski definition) is 1. The molecule has 0 saturated heterocycles. The smallest absolute Gasteiger partial charge is 0.0363 e. The minimum absolute atomic E-state index is 0.226. The summed E-state index contributed by atoms with van der Waals surface area (Å²) in [6.45, 7) is 2.67.